The molecule has 1 unspecified atom stereocenters. The first-order chi connectivity index (χ1) is 8.70. The van der Waals surface area contributed by atoms with Gasteiger partial charge in [-0.25, -0.2) is 0 Å². The number of methoxy groups -OCH3 is 1. The summed E-state index contributed by atoms with van der Waals surface area (Å²) >= 11 is 0. The van der Waals surface area contributed by atoms with Crippen molar-refractivity contribution in [3.8, 4) is 0 Å². The first kappa shape index (κ1) is 15.2. The third-order valence-corrected chi connectivity index (χ3v) is 3.53. The van der Waals surface area contributed by atoms with Gasteiger partial charge in [0.25, 0.3) is 0 Å². The maximum atomic E-state index is 12.7. The van der Waals surface area contributed by atoms with Crippen LogP contribution in [0.25, 0.3) is 0 Å². The fraction of sp³-hybridized carbons (Fsp3) is 0.786. The van der Waals surface area contributed by atoms with E-state index in [0.29, 0.717) is 19.7 Å². The van der Waals surface area contributed by atoms with Crippen molar-refractivity contribution in [3.63, 3.8) is 0 Å². The van der Waals surface area contributed by atoms with E-state index in [1.54, 1.807) is 13.2 Å². The second-order valence-corrected chi connectivity index (χ2v) is 4.90. The molecule has 1 fully saturated rings. The van der Waals surface area contributed by atoms with Gasteiger partial charge in [-0.2, -0.15) is 0 Å². The Morgan fingerprint density at radius 1 is 1.61 bits per heavy atom. The molecule has 0 saturated carbocycles. The van der Waals surface area contributed by atoms with Gasteiger partial charge in [-0.15, -0.1) is 6.58 Å². The van der Waals surface area contributed by atoms with Gasteiger partial charge in [-0.1, -0.05) is 19.4 Å². The van der Waals surface area contributed by atoms with Crippen LogP contribution in [0, 0.1) is 0 Å². The van der Waals surface area contributed by atoms with Gasteiger partial charge in [-0.05, 0) is 25.8 Å². The zero-order chi connectivity index (χ0) is 13.4. The summed E-state index contributed by atoms with van der Waals surface area (Å²) in [7, 11) is 1.66. The van der Waals surface area contributed by atoms with Crippen LogP contribution in [0.15, 0.2) is 12.7 Å². The minimum Gasteiger partial charge on any atom is -0.383 e. The van der Waals surface area contributed by atoms with Crippen molar-refractivity contribution in [2.45, 2.75) is 38.1 Å². The fourth-order valence-electron chi connectivity index (χ4n) is 2.67. The van der Waals surface area contributed by atoms with E-state index in [-0.39, 0.29) is 11.4 Å². The first-order valence-corrected chi connectivity index (χ1v) is 6.84. The first-order valence-electron chi connectivity index (χ1n) is 6.84. The molecule has 4 heteroatoms. The molecule has 0 aromatic heterocycles. The quantitative estimate of drug-likeness (QED) is 0.669. The molecule has 1 rings (SSSR count). The molecule has 0 aliphatic carbocycles. The molecule has 0 radical (unpaired) electrons. The van der Waals surface area contributed by atoms with Gasteiger partial charge in [0.05, 0.1) is 12.1 Å². The summed E-state index contributed by atoms with van der Waals surface area (Å²) in [5, 5.41) is 3.42. The van der Waals surface area contributed by atoms with E-state index in [1.807, 2.05) is 4.90 Å². The number of nitrogens with zero attached hydrogens (tertiary/aromatic N) is 1. The Morgan fingerprint density at radius 2 is 2.39 bits per heavy atom. The summed E-state index contributed by atoms with van der Waals surface area (Å²) in [5.74, 6) is 0.207. The Morgan fingerprint density at radius 3 is 2.89 bits per heavy atom. The smallest absolute Gasteiger partial charge is 0.243 e. The lowest BCUT2D eigenvalue weighted by molar-refractivity contribution is -0.138. The third kappa shape index (κ3) is 3.56. The molecule has 104 valence electrons. The number of amides is 1. The number of rotatable bonds is 8. The highest BCUT2D eigenvalue weighted by atomic mass is 16.5. The minimum absolute atomic E-state index is 0.207. The summed E-state index contributed by atoms with van der Waals surface area (Å²) in [6.07, 6.45) is 5.73. The van der Waals surface area contributed by atoms with Crippen molar-refractivity contribution >= 4 is 5.91 Å². The number of ether oxygens (including phenoxy) is 1. The van der Waals surface area contributed by atoms with Gasteiger partial charge < -0.3 is 15.0 Å². The SMILES string of the molecule is C=CCN(CCOC)C(=O)C1(CCC)CCCN1. The van der Waals surface area contributed by atoms with Gasteiger partial charge in [0, 0.05) is 20.2 Å². The summed E-state index contributed by atoms with van der Waals surface area (Å²) in [5.41, 5.74) is -0.342. The molecule has 1 heterocycles. The Hall–Kier alpha value is -0.870. The second kappa shape index (κ2) is 7.54. The van der Waals surface area contributed by atoms with Crippen molar-refractivity contribution in [2.75, 3.05) is 33.4 Å². The average Bonchev–Trinajstić information content (AvgIpc) is 2.84. The van der Waals surface area contributed by atoms with E-state index in [1.165, 1.54) is 0 Å². The van der Waals surface area contributed by atoms with E-state index in [2.05, 4.69) is 18.8 Å². The van der Waals surface area contributed by atoms with Gasteiger partial charge in [0.15, 0.2) is 0 Å². The van der Waals surface area contributed by atoms with E-state index in [0.717, 1.165) is 32.2 Å². The van der Waals surface area contributed by atoms with Crippen molar-refractivity contribution in [1.29, 1.82) is 0 Å². The zero-order valence-corrected chi connectivity index (χ0v) is 11.7. The molecule has 1 atom stereocenters. The fourth-order valence-corrected chi connectivity index (χ4v) is 2.67. The lowest BCUT2D eigenvalue weighted by atomic mass is 9.90. The van der Waals surface area contributed by atoms with Crippen LogP contribution in [0.3, 0.4) is 0 Å². The number of carbonyl (C=O) groups excluding carboxylic acids is 1. The Labute approximate surface area is 110 Å². The van der Waals surface area contributed by atoms with Gasteiger partial charge >= 0.3 is 0 Å². The molecule has 1 N–H and O–H groups in total. The van der Waals surface area contributed by atoms with E-state index in [4.69, 9.17) is 4.74 Å². The molecular formula is C14H26N2O2. The monoisotopic (exact) mass is 254 g/mol. The van der Waals surface area contributed by atoms with Crippen LogP contribution in [0.2, 0.25) is 0 Å². The molecule has 0 bridgehead atoms. The minimum atomic E-state index is -0.342. The highest BCUT2D eigenvalue weighted by Crippen LogP contribution is 2.27. The van der Waals surface area contributed by atoms with Crippen LogP contribution < -0.4 is 5.32 Å². The molecule has 1 saturated heterocycles. The highest BCUT2D eigenvalue weighted by Gasteiger charge is 2.42. The molecule has 0 aromatic carbocycles. The highest BCUT2D eigenvalue weighted by molar-refractivity contribution is 5.87. The predicted molar refractivity (Wildman–Crippen MR) is 73.5 cm³/mol. The van der Waals surface area contributed by atoms with Crippen molar-refractivity contribution < 1.29 is 9.53 Å². The number of hydrogen-bond donors (Lipinski definition) is 1. The standard InChI is InChI=1S/C14H26N2O2/c1-4-7-14(8-6-9-15-14)13(17)16(10-5-2)11-12-18-3/h5,15H,2,4,6-12H2,1,3H3. The van der Waals surface area contributed by atoms with E-state index < -0.39 is 0 Å². The number of nitrogens with one attached hydrogen (secondary N) is 1. The lowest BCUT2D eigenvalue weighted by Crippen LogP contribution is -2.55. The van der Waals surface area contributed by atoms with Crippen LogP contribution in [0.5, 0.6) is 0 Å². The summed E-state index contributed by atoms with van der Waals surface area (Å²) in [6, 6.07) is 0. The van der Waals surface area contributed by atoms with Crippen molar-refractivity contribution in [3.05, 3.63) is 12.7 Å². The molecule has 0 aromatic rings. The van der Waals surface area contributed by atoms with Gasteiger partial charge in [-0.3, -0.25) is 4.79 Å². The van der Waals surface area contributed by atoms with Crippen LogP contribution in [0.4, 0.5) is 0 Å². The Kier molecular flexibility index (Phi) is 6.36. The van der Waals surface area contributed by atoms with Crippen LogP contribution in [0.1, 0.15) is 32.6 Å². The molecule has 1 aliphatic rings. The van der Waals surface area contributed by atoms with Crippen molar-refractivity contribution in [2.24, 2.45) is 0 Å². The normalized spacial score (nSPS) is 23.0. The Bertz CT molecular complexity index is 273. The van der Waals surface area contributed by atoms with Crippen LogP contribution >= 0.6 is 0 Å². The van der Waals surface area contributed by atoms with Gasteiger partial charge in [0.2, 0.25) is 5.91 Å². The maximum Gasteiger partial charge on any atom is 0.243 e. The second-order valence-electron chi connectivity index (χ2n) is 4.90. The molecule has 1 amide bonds. The van der Waals surface area contributed by atoms with Crippen LogP contribution in [-0.2, 0) is 9.53 Å². The van der Waals surface area contributed by atoms with Gasteiger partial charge in [0.1, 0.15) is 0 Å². The molecule has 1 aliphatic heterocycles. The molecule has 0 spiro atoms. The van der Waals surface area contributed by atoms with Crippen molar-refractivity contribution in [1.82, 2.24) is 10.2 Å². The largest absolute Gasteiger partial charge is 0.383 e. The zero-order valence-electron chi connectivity index (χ0n) is 11.7. The summed E-state index contributed by atoms with van der Waals surface area (Å²) in [4.78, 5) is 14.6. The molecule has 4 nitrogen and oxygen atoms in total. The molecule has 18 heavy (non-hydrogen) atoms. The predicted octanol–water partition coefficient (Wildman–Crippen LogP) is 1.57. The van der Waals surface area contributed by atoms with E-state index >= 15 is 0 Å². The topological polar surface area (TPSA) is 41.6 Å². The maximum absolute atomic E-state index is 12.7. The third-order valence-electron chi connectivity index (χ3n) is 3.53. The Balaban J connectivity index is 2.74. The summed E-state index contributed by atoms with van der Waals surface area (Å²) < 4.78 is 5.08. The number of carbonyl (C=O) groups is 1. The summed E-state index contributed by atoms with van der Waals surface area (Å²) in [6.45, 7) is 8.60. The van der Waals surface area contributed by atoms with E-state index in [9.17, 15) is 4.79 Å². The average molecular weight is 254 g/mol. The lowest BCUT2D eigenvalue weighted by Gasteiger charge is -2.34. The molecular weight excluding hydrogens is 228 g/mol. The van der Waals surface area contributed by atoms with Crippen LogP contribution in [-0.4, -0.2) is 49.7 Å². The number of hydrogen-bond acceptors (Lipinski definition) is 3.